The van der Waals surface area contributed by atoms with Gasteiger partial charge in [-0.3, -0.25) is 14.3 Å². The normalized spacial score (nSPS) is 22.7. The summed E-state index contributed by atoms with van der Waals surface area (Å²) in [5.41, 5.74) is 2.03. The average Bonchev–Trinajstić information content (AvgIpc) is 3.39. The molecule has 3 heterocycles. The maximum Gasteiger partial charge on any atom is 0.254 e. The van der Waals surface area contributed by atoms with E-state index in [4.69, 9.17) is 0 Å². The van der Waals surface area contributed by atoms with Crippen molar-refractivity contribution < 1.29 is 14.7 Å². The Morgan fingerprint density at radius 3 is 2.83 bits per heavy atom. The number of fused-ring (bicyclic) bond motifs is 2. The van der Waals surface area contributed by atoms with E-state index in [9.17, 15) is 14.7 Å². The van der Waals surface area contributed by atoms with Gasteiger partial charge in [-0.05, 0) is 36.2 Å². The van der Waals surface area contributed by atoms with E-state index in [0.29, 0.717) is 18.5 Å². The zero-order valence-electron chi connectivity index (χ0n) is 15.9. The molecule has 7 heteroatoms. The summed E-state index contributed by atoms with van der Waals surface area (Å²) in [4.78, 5) is 28.4. The van der Waals surface area contributed by atoms with Gasteiger partial charge in [0.15, 0.2) is 0 Å². The molecule has 0 aliphatic carbocycles. The molecule has 2 aromatic carbocycles. The largest absolute Gasteiger partial charge is 0.508 e. The highest BCUT2D eigenvalue weighted by Gasteiger charge is 2.59. The third-order valence-electron chi connectivity index (χ3n) is 5.98. The fraction of sp³-hybridized carbons (Fsp3) is 0.227. The van der Waals surface area contributed by atoms with Crippen LogP contribution < -0.4 is 5.32 Å². The first kappa shape index (κ1) is 17.5. The molecule has 2 atom stereocenters. The minimum atomic E-state index is -0.869. The summed E-state index contributed by atoms with van der Waals surface area (Å²) in [7, 11) is 1.81. The first-order chi connectivity index (χ1) is 14.0. The van der Waals surface area contributed by atoms with Crippen LogP contribution in [0.4, 0.5) is 5.69 Å². The van der Waals surface area contributed by atoms with Crippen LogP contribution in [-0.2, 0) is 17.3 Å². The van der Waals surface area contributed by atoms with Crippen molar-refractivity contribution in [2.75, 3.05) is 11.9 Å². The van der Waals surface area contributed by atoms with Crippen LogP contribution in [0.3, 0.4) is 0 Å². The summed E-state index contributed by atoms with van der Waals surface area (Å²) >= 11 is 0. The van der Waals surface area contributed by atoms with Crippen LogP contribution in [-0.4, -0.2) is 38.1 Å². The molecule has 7 nitrogen and oxygen atoms in total. The third kappa shape index (κ3) is 2.47. The highest BCUT2D eigenvalue weighted by atomic mass is 16.3. The molecule has 29 heavy (non-hydrogen) atoms. The molecule has 3 aromatic rings. The maximum absolute atomic E-state index is 13.4. The SMILES string of the molecule is Cn1cc([C@@H]2N(C(=O)c3cccc(O)c3)CC[C@]23C(=O)Nc2ccccc23)cn1. The van der Waals surface area contributed by atoms with Gasteiger partial charge in [-0.1, -0.05) is 24.3 Å². The lowest BCUT2D eigenvalue weighted by atomic mass is 9.73. The molecule has 2 aliphatic heterocycles. The molecule has 2 aliphatic rings. The van der Waals surface area contributed by atoms with Gasteiger partial charge >= 0.3 is 0 Å². The van der Waals surface area contributed by atoms with Crippen LogP contribution >= 0.6 is 0 Å². The minimum Gasteiger partial charge on any atom is -0.508 e. The number of carbonyl (C=O) groups excluding carboxylic acids is 2. The minimum absolute atomic E-state index is 0.0339. The monoisotopic (exact) mass is 388 g/mol. The molecule has 1 saturated heterocycles. The number of carbonyl (C=O) groups is 2. The first-order valence-electron chi connectivity index (χ1n) is 9.50. The van der Waals surface area contributed by atoms with Crippen molar-refractivity contribution in [1.29, 1.82) is 0 Å². The molecule has 2 amide bonds. The lowest BCUT2D eigenvalue weighted by molar-refractivity contribution is -0.121. The van der Waals surface area contributed by atoms with E-state index in [2.05, 4.69) is 10.4 Å². The summed E-state index contributed by atoms with van der Waals surface area (Å²) in [6.07, 6.45) is 4.09. The molecule has 0 unspecified atom stereocenters. The highest BCUT2D eigenvalue weighted by Crippen LogP contribution is 2.54. The molecule has 1 spiro atoms. The van der Waals surface area contributed by atoms with E-state index >= 15 is 0 Å². The summed E-state index contributed by atoms with van der Waals surface area (Å²) in [5.74, 6) is -0.283. The fourth-order valence-corrected chi connectivity index (χ4v) is 4.75. The lowest BCUT2D eigenvalue weighted by Crippen LogP contribution is -2.42. The number of nitrogens with zero attached hydrogens (tertiary/aromatic N) is 3. The number of hydrogen-bond donors (Lipinski definition) is 2. The Morgan fingerprint density at radius 1 is 1.24 bits per heavy atom. The third-order valence-corrected chi connectivity index (χ3v) is 5.98. The van der Waals surface area contributed by atoms with Gasteiger partial charge in [0, 0.05) is 36.6 Å². The van der Waals surface area contributed by atoms with Crippen molar-refractivity contribution in [2.45, 2.75) is 17.9 Å². The second-order valence-electron chi connectivity index (χ2n) is 7.62. The number of hydrogen-bond acceptors (Lipinski definition) is 4. The second-order valence-corrected chi connectivity index (χ2v) is 7.62. The number of aryl methyl sites for hydroxylation is 1. The molecule has 1 fully saturated rings. The quantitative estimate of drug-likeness (QED) is 0.706. The van der Waals surface area contributed by atoms with Crippen molar-refractivity contribution in [2.24, 2.45) is 7.05 Å². The molecule has 1 aromatic heterocycles. The zero-order chi connectivity index (χ0) is 20.2. The average molecular weight is 388 g/mol. The summed E-state index contributed by atoms with van der Waals surface area (Å²) < 4.78 is 1.68. The Kier molecular flexibility index (Phi) is 3.74. The Bertz CT molecular complexity index is 1140. The van der Waals surface area contributed by atoms with E-state index in [0.717, 1.165) is 16.8 Å². The summed E-state index contributed by atoms with van der Waals surface area (Å²) in [6, 6.07) is 13.5. The second kappa shape index (κ2) is 6.20. The van der Waals surface area contributed by atoms with E-state index < -0.39 is 11.5 Å². The molecule has 146 valence electrons. The van der Waals surface area contributed by atoms with Gasteiger partial charge < -0.3 is 15.3 Å². The number of nitrogens with one attached hydrogen (secondary N) is 1. The first-order valence-corrected chi connectivity index (χ1v) is 9.50. The Morgan fingerprint density at radius 2 is 2.07 bits per heavy atom. The zero-order valence-corrected chi connectivity index (χ0v) is 15.9. The maximum atomic E-state index is 13.4. The van der Waals surface area contributed by atoms with Crippen molar-refractivity contribution in [3.63, 3.8) is 0 Å². The van der Waals surface area contributed by atoms with Crippen molar-refractivity contribution in [1.82, 2.24) is 14.7 Å². The van der Waals surface area contributed by atoms with Gasteiger partial charge in [-0.2, -0.15) is 5.10 Å². The smallest absolute Gasteiger partial charge is 0.254 e. The van der Waals surface area contributed by atoms with Gasteiger partial charge in [0.25, 0.3) is 5.91 Å². The lowest BCUT2D eigenvalue weighted by Gasteiger charge is -2.33. The molecule has 0 bridgehead atoms. The number of phenolic OH excluding ortho intramolecular Hbond substituents is 1. The Balaban J connectivity index is 1.66. The molecule has 0 radical (unpaired) electrons. The van der Waals surface area contributed by atoms with Crippen LogP contribution in [0.5, 0.6) is 5.75 Å². The van der Waals surface area contributed by atoms with Crippen molar-refractivity contribution >= 4 is 17.5 Å². The molecule has 0 saturated carbocycles. The predicted molar refractivity (Wildman–Crippen MR) is 106 cm³/mol. The van der Waals surface area contributed by atoms with Gasteiger partial charge in [0.1, 0.15) is 11.2 Å². The standard InChI is InChI=1S/C22H20N4O3/c1-25-13-15(12-23-25)19-22(17-7-2-3-8-18(17)24-21(22)29)9-10-26(19)20(28)14-5-4-6-16(27)11-14/h2-8,11-13,19,27H,9-10H2,1H3,(H,24,29)/t19-,22+/m0/s1. The number of likely N-dealkylation sites (tertiary alicyclic amines) is 1. The number of benzene rings is 2. The Hall–Kier alpha value is -3.61. The summed E-state index contributed by atoms with van der Waals surface area (Å²) in [5, 5.41) is 17.1. The van der Waals surface area contributed by atoms with Gasteiger partial charge in [-0.15, -0.1) is 0 Å². The van der Waals surface area contributed by atoms with Crippen LogP contribution in [0.25, 0.3) is 0 Å². The fourth-order valence-electron chi connectivity index (χ4n) is 4.75. The van der Waals surface area contributed by atoms with E-state index in [1.165, 1.54) is 12.1 Å². The van der Waals surface area contributed by atoms with Crippen LogP contribution in [0.15, 0.2) is 60.9 Å². The topological polar surface area (TPSA) is 87.5 Å². The van der Waals surface area contributed by atoms with Crippen LogP contribution in [0, 0.1) is 0 Å². The van der Waals surface area contributed by atoms with Gasteiger partial charge in [0.2, 0.25) is 5.91 Å². The number of phenols is 1. The van der Waals surface area contributed by atoms with Crippen molar-refractivity contribution in [3.8, 4) is 5.75 Å². The van der Waals surface area contributed by atoms with E-state index in [1.54, 1.807) is 27.9 Å². The molecule has 5 rings (SSSR count). The molecular weight excluding hydrogens is 368 g/mol. The van der Waals surface area contributed by atoms with Crippen LogP contribution in [0.2, 0.25) is 0 Å². The number of aromatic nitrogens is 2. The van der Waals surface area contributed by atoms with E-state index in [1.807, 2.05) is 37.5 Å². The molecule has 2 N–H and O–H groups in total. The Labute approximate surface area is 167 Å². The van der Waals surface area contributed by atoms with Crippen LogP contribution in [0.1, 0.15) is 33.9 Å². The van der Waals surface area contributed by atoms with Gasteiger partial charge in [0.05, 0.1) is 12.2 Å². The van der Waals surface area contributed by atoms with Crippen molar-refractivity contribution in [3.05, 3.63) is 77.6 Å². The number of para-hydroxylation sites is 1. The highest BCUT2D eigenvalue weighted by molar-refractivity contribution is 6.08. The number of aromatic hydroxyl groups is 1. The number of amides is 2. The number of anilines is 1. The summed E-state index contributed by atoms with van der Waals surface area (Å²) in [6.45, 7) is 0.426. The predicted octanol–water partition coefficient (Wildman–Crippen LogP) is 2.60. The molecular formula is C22H20N4O3. The number of rotatable bonds is 2. The van der Waals surface area contributed by atoms with E-state index in [-0.39, 0.29) is 17.6 Å². The van der Waals surface area contributed by atoms with Gasteiger partial charge in [-0.25, -0.2) is 0 Å².